The van der Waals surface area contributed by atoms with Crippen molar-refractivity contribution in [1.29, 1.82) is 0 Å². The van der Waals surface area contributed by atoms with Crippen molar-refractivity contribution in [3.63, 3.8) is 0 Å². The minimum atomic E-state index is -0.812. The monoisotopic (exact) mass is 318 g/mol. The summed E-state index contributed by atoms with van der Waals surface area (Å²) in [5.74, 6) is -1.61. The van der Waals surface area contributed by atoms with Crippen molar-refractivity contribution in [3.05, 3.63) is 31.8 Å². The average Bonchev–Trinajstić information content (AvgIpc) is 1.93. The van der Waals surface area contributed by atoms with Crippen molar-refractivity contribution < 1.29 is 8.78 Å². The lowest BCUT2D eigenvalue weighted by Crippen LogP contribution is -1.88. The van der Waals surface area contributed by atoms with Crippen LogP contribution in [0.15, 0.2) is 16.6 Å². The van der Waals surface area contributed by atoms with Crippen LogP contribution in [-0.4, -0.2) is 0 Å². The molecule has 1 aromatic carbocycles. The third kappa shape index (κ3) is 1.47. The zero-order chi connectivity index (χ0) is 7.72. The molecule has 0 saturated heterocycles. The lowest BCUT2D eigenvalue weighted by atomic mass is 10.3. The number of benzene rings is 1. The van der Waals surface area contributed by atoms with Gasteiger partial charge in [0.15, 0.2) is 11.6 Å². The highest BCUT2D eigenvalue weighted by atomic mass is 127. The van der Waals surface area contributed by atoms with Crippen LogP contribution in [0.1, 0.15) is 0 Å². The Morgan fingerprint density at radius 1 is 1.30 bits per heavy atom. The Labute approximate surface area is 78.9 Å². The molecule has 0 spiro atoms. The second-order valence-corrected chi connectivity index (χ2v) is 3.59. The van der Waals surface area contributed by atoms with Gasteiger partial charge >= 0.3 is 0 Å². The number of halogens is 4. The van der Waals surface area contributed by atoms with Crippen LogP contribution < -0.4 is 0 Å². The summed E-state index contributed by atoms with van der Waals surface area (Å²) < 4.78 is 25.8. The molecule has 0 aliphatic rings. The molecule has 0 heterocycles. The van der Waals surface area contributed by atoms with Crippen molar-refractivity contribution in [2.24, 2.45) is 0 Å². The van der Waals surface area contributed by atoms with Gasteiger partial charge in [-0.3, -0.25) is 0 Å². The molecule has 10 heavy (non-hydrogen) atoms. The molecule has 0 atom stereocenters. The van der Waals surface area contributed by atoms with E-state index in [1.54, 1.807) is 22.6 Å². The fourth-order valence-electron chi connectivity index (χ4n) is 0.502. The van der Waals surface area contributed by atoms with Gasteiger partial charge in [-0.15, -0.1) is 0 Å². The highest BCUT2D eigenvalue weighted by Crippen LogP contribution is 2.23. The van der Waals surface area contributed by atoms with Crippen LogP contribution in [-0.2, 0) is 0 Å². The Bertz CT molecular complexity index is 235. The molecule has 4 heteroatoms. The van der Waals surface area contributed by atoms with Gasteiger partial charge in [-0.25, -0.2) is 8.78 Å². The van der Waals surface area contributed by atoms with Crippen LogP contribution in [0, 0.1) is 15.2 Å². The predicted molar refractivity (Wildman–Crippen MR) is 46.8 cm³/mol. The first kappa shape index (κ1) is 8.39. The summed E-state index contributed by atoms with van der Waals surface area (Å²) in [6.07, 6.45) is 0. The van der Waals surface area contributed by atoms with Gasteiger partial charge in [0.05, 0.1) is 3.57 Å². The first-order valence-corrected chi connectivity index (χ1v) is 4.29. The number of hydrogen-bond acceptors (Lipinski definition) is 0. The maximum Gasteiger partial charge on any atom is 0.173 e. The summed E-state index contributed by atoms with van der Waals surface area (Å²) in [5, 5.41) is 0. The van der Waals surface area contributed by atoms with Crippen LogP contribution in [0.25, 0.3) is 0 Å². The molecule has 0 aliphatic carbocycles. The van der Waals surface area contributed by atoms with Crippen molar-refractivity contribution in [2.75, 3.05) is 0 Å². The van der Waals surface area contributed by atoms with E-state index in [9.17, 15) is 8.78 Å². The molecule has 1 aromatic rings. The van der Waals surface area contributed by atoms with E-state index in [0.29, 0.717) is 4.47 Å². The molecule has 0 amide bonds. The second-order valence-electron chi connectivity index (χ2n) is 1.66. The maximum atomic E-state index is 12.6. The molecule has 0 N–H and O–H groups in total. The molecule has 0 fully saturated rings. The minimum absolute atomic E-state index is 0.276. The van der Waals surface area contributed by atoms with Crippen LogP contribution in [0.2, 0.25) is 0 Å². The normalized spacial score (nSPS) is 10.0. The third-order valence-corrected chi connectivity index (χ3v) is 3.44. The molecule has 54 valence electrons. The van der Waals surface area contributed by atoms with Crippen molar-refractivity contribution in [1.82, 2.24) is 0 Å². The van der Waals surface area contributed by atoms with E-state index < -0.39 is 11.6 Å². The highest BCUT2D eigenvalue weighted by molar-refractivity contribution is 14.1. The summed E-state index contributed by atoms with van der Waals surface area (Å²) in [7, 11) is 0. The van der Waals surface area contributed by atoms with Crippen LogP contribution in [0.3, 0.4) is 0 Å². The van der Waals surface area contributed by atoms with Gasteiger partial charge in [-0.1, -0.05) is 0 Å². The SMILES string of the molecule is Fc1ccc(Br)c(I)c1F. The van der Waals surface area contributed by atoms with Crippen molar-refractivity contribution in [3.8, 4) is 0 Å². The molecular weight excluding hydrogens is 317 g/mol. The van der Waals surface area contributed by atoms with E-state index in [4.69, 9.17) is 0 Å². The van der Waals surface area contributed by atoms with E-state index in [0.717, 1.165) is 6.07 Å². The Kier molecular flexibility index (Phi) is 2.62. The smallest absolute Gasteiger partial charge is 0.173 e. The molecule has 0 bridgehead atoms. The Balaban J connectivity index is 3.34. The first-order valence-electron chi connectivity index (χ1n) is 2.42. The zero-order valence-corrected chi connectivity index (χ0v) is 8.41. The molecule has 0 saturated carbocycles. The third-order valence-electron chi connectivity index (χ3n) is 0.988. The van der Waals surface area contributed by atoms with E-state index in [-0.39, 0.29) is 3.57 Å². The quantitative estimate of drug-likeness (QED) is 0.391. The summed E-state index contributed by atoms with van der Waals surface area (Å²) in [4.78, 5) is 0. The molecule has 0 unspecified atom stereocenters. The molecule has 1 rings (SSSR count). The van der Waals surface area contributed by atoms with Crippen LogP contribution >= 0.6 is 38.5 Å². The van der Waals surface area contributed by atoms with Gasteiger partial charge in [0.25, 0.3) is 0 Å². The lowest BCUT2D eigenvalue weighted by Gasteiger charge is -1.96. The summed E-state index contributed by atoms with van der Waals surface area (Å²) in [6.45, 7) is 0. The molecular formula is C6H2BrF2I. The van der Waals surface area contributed by atoms with E-state index in [1.807, 2.05) is 0 Å². The van der Waals surface area contributed by atoms with Crippen LogP contribution in [0.4, 0.5) is 8.78 Å². The predicted octanol–water partition coefficient (Wildman–Crippen LogP) is 3.33. The molecule has 0 aromatic heterocycles. The van der Waals surface area contributed by atoms with Crippen molar-refractivity contribution in [2.45, 2.75) is 0 Å². The second kappa shape index (κ2) is 3.13. The molecule has 0 nitrogen and oxygen atoms in total. The maximum absolute atomic E-state index is 12.6. The van der Waals surface area contributed by atoms with Gasteiger partial charge in [-0.2, -0.15) is 0 Å². The van der Waals surface area contributed by atoms with Crippen molar-refractivity contribution >= 4 is 38.5 Å². The molecule has 0 aliphatic heterocycles. The van der Waals surface area contributed by atoms with Gasteiger partial charge < -0.3 is 0 Å². The van der Waals surface area contributed by atoms with Gasteiger partial charge in [-0.05, 0) is 50.7 Å². The standard InChI is InChI=1S/C6H2BrF2I/c7-3-1-2-4(8)5(9)6(3)10/h1-2H. The van der Waals surface area contributed by atoms with Gasteiger partial charge in [0, 0.05) is 4.47 Å². The van der Waals surface area contributed by atoms with E-state index >= 15 is 0 Å². The van der Waals surface area contributed by atoms with Gasteiger partial charge in [0.2, 0.25) is 0 Å². The van der Waals surface area contributed by atoms with Gasteiger partial charge in [0.1, 0.15) is 0 Å². The van der Waals surface area contributed by atoms with E-state index in [2.05, 4.69) is 15.9 Å². The number of rotatable bonds is 0. The molecule has 0 radical (unpaired) electrons. The fourth-order valence-corrected chi connectivity index (χ4v) is 1.25. The summed E-state index contributed by atoms with van der Waals surface area (Å²) >= 11 is 4.80. The Morgan fingerprint density at radius 2 is 1.90 bits per heavy atom. The first-order chi connectivity index (χ1) is 4.63. The fraction of sp³-hybridized carbons (Fsp3) is 0. The average molecular weight is 319 g/mol. The lowest BCUT2D eigenvalue weighted by molar-refractivity contribution is 0.503. The topological polar surface area (TPSA) is 0 Å². The zero-order valence-electron chi connectivity index (χ0n) is 4.67. The minimum Gasteiger partial charge on any atom is -0.204 e. The summed E-state index contributed by atoms with van der Waals surface area (Å²) in [5.41, 5.74) is 0. The Morgan fingerprint density at radius 3 is 2.40 bits per heavy atom. The summed E-state index contributed by atoms with van der Waals surface area (Å²) in [6, 6.07) is 2.56. The highest BCUT2D eigenvalue weighted by Gasteiger charge is 2.07. The number of hydrogen-bond donors (Lipinski definition) is 0. The van der Waals surface area contributed by atoms with Crippen LogP contribution in [0.5, 0.6) is 0 Å². The van der Waals surface area contributed by atoms with E-state index in [1.165, 1.54) is 6.07 Å². The largest absolute Gasteiger partial charge is 0.204 e. The Hall–Kier alpha value is 0.290.